The molecule has 2 aromatic carbocycles. The predicted molar refractivity (Wildman–Crippen MR) is 122 cm³/mol. The van der Waals surface area contributed by atoms with Crippen LogP contribution in [0.2, 0.25) is 5.02 Å². The number of rotatable bonds is 10. The lowest BCUT2D eigenvalue weighted by atomic mass is 10.0. The third kappa shape index (κ3) is 6.04. The van der Waals surface area contributed by atoms with Crippen LogP contribution in [-0.4, -0.2) is 16.6 Å². The van der Waals surface area contributed by atoms with Gasteiger partial charge in [0.1, 0.15) is 5.75 Å². The molecule has 0 saturated heterocycles. The zero-order chi connectivity index (χ0) is 20.5. The number of nitrogens with zero attached hydrogens (tertiary/aromatic N) is 2. The van der Waals surface area contributed by atoms with Crippen molar-refractivity contribution in [3.05, 3.63) is 65.4 Å². The van der Waals surface area contributed by atoms with Crippen LogP contribution in [-0.2, 0) is 6.42 Å². The smallest absolute Gasteiger partial charge is 0.159 e. The first-order chi connectivity index (χ1) is 14.2. The summed E-state index contributed by atoms with van der Waals surface area (Å²) in [5, 5.41) is 0.612. The second-order valence-electron chi connectivity index (χ2n) is 7.30. The normalized spacial score (nSPS) is 10.9. The molecule has 3 aromatic rings. The Balaban J connectivity index is 1.67. The number of unbranched alkanes of at least 4 members (excludes halogenated alkanes) is 3. The average Bonchev–Trinajstić information content (AvgIpc) is 2.76. The molecule has 0 saturated carbocycles. The van der Waals surface area contributed by atoms with Gasteiger partial charge in [0.2, 0.25) is 0 Å². The second kappa shape index (κ2) is 11.0. The molecule has 0 amide bonds. The summed E-state index contributed by atoms with van der Waals surface area (Å²) in [6.45, 7) is 5.05. The summed E-state index contributed by atoms with van der Waals surface area (Å²) in [5.74, 6) is 1.46. The fourth-order valence-electron chi connectivity index (χ4n) is 3.15. The van der Waals surface area contributed by atoms with Crippen LogP contribution in [0.25, 0.3) is 22.5 Å². The molecule has 0 aliphatic heterocycles. The average molecular weight is 409 g/mol. The number of hydrogen-bond donors (Lipinski definition) is 0. The molecule has 0 N–H and O–H groups in total. The number of ether oxygens (including phenoxy) is 1. The quantitative estimate of drug-likeness (QED) is 0.328. The van der Waals surface area contributed by atoms with Gasteiger partial charge in [-0.05, 0) is 42.5 Å². The number of halogens is 1. The van der Waals surface area contributed by atoms with E-state index in [1.54, 1.807) is 0 Å². The minimum atomic E-state index is 0.612. The van der Waals surface area contributed by atoms with Gasteiger partial charge < -0.3 is 4.74 Å². The standard InChI is InChI=1S/C25H29ClN2O/c1-3-5-7-8-19-9-11-20(12-10-19)25-27-17-22(18-28-25)21-13-14-24(23(26)16-21)29-15-6-4-2/h9-14,16-18H,3-8,15H2,1-2H3. The Morgan fingerprint density at radius 3 is 2.14 bits per heavy atom. The molecule has 29 heavy (non-hydrogen) atoms. The molecule has 1 aromatic heterocycles. The van der Waals surface area contributed by atoms with Gasteiger partial charge in [-0.1, -0.05) is 75.0 Å². The molecule has 4 heteroatoms. The lowest BCUT2D eigenvalue weighted by molar-refractivity contribution is 0.309. The third-order valence-electron chi connectivity index (χ3n) is 4.95. The van der Waals surface area contributed by atoms with E-state index in [1.807, 2.05) is 30.6 Å². The van der Waals surface area contributed by atoms with Gasteiger partial charge in [-0.3, -0.25) is 0 Å². The molecule has 3 rings (SSSR count). The predicted octanol–water partition coefficient (Wildman–Crippen LogP) is 7.38. The first-order valence-corrected chi connectivity index (χ1v) is 10.9. The summed E-state index contributed by atoms with van der Waals surface area (Å²) in [5.41, 5.74) is 4.32. The van der Waals surface area contributed by atoms with Gasteiger partial charge in [-0.15, -0.1) is 0 Å². The lowest BCUT2D eigenvalue weighted by Gasteiger charge is -2.09. The number of aryl methyl sites for hydroxylation is 1. The van der Waals surface area contributed by atoms with Crippen LogP contribution < -0.4 is 4.74 Å². The van der Waals surface area contributed by atoms with E-state index in [-0.39, 0.29) is 0 Å². The van der Waals surface area contributed by atoms with E-state index < -0.39 is 0 Å². The minimum absolute atomic E-state index is 0.612. The van der Waals surface area contributed by atoms with Crippen LogP contribution in [0.5, 0.6) is 5.75 Å². The van der Waals surface area contributed by atoms with Crippen LogP contribution in [0, 0.1) is 0 Å². The zero-order valence-electron chi connectivity index (χ0n) is 17.3. The summed E-state index contributed by atoms with van der Waals surface area (Å²) in [6.07, 6.45) is 10.7. The van der Waals surface area contributed by atoms with E-state index >= 15 is 0 Å². The van der Waals surface area contributed by atoms with Crippen molar-refractivity contribution in [1.29, 1.82) is 0 Å². The minimum Gasteiger partial charge on any atom is -0.492 e. The highest BCUT2D eigenvalue weighted by Gasteiger charge is 2.07. The van der Waals surface area contributed by atoms with Crippen LogP contribution in [0.4, 0.5) is 0 Å². The van der Waals surface area contributed by atoms with E-state index in [1.165, 1.54) is 24.8 Å². The zero-order valence-corrected chi connectivity index (χ0v) is 18.1. The Hall–Kier alpha value is -2.39. The Bertz CT molecular complexity index is 892. The van der Waals surface area contributed by atoms with Crippen LogP contribution in [0.1, 0.15) is 51.5 Å². The molecule has 0 aliphatic carbocycles. The molecule has 0 aliphatic rings. The highest BCUT2D eigenvalue weighted by molar-refractivity contribution is 6.32. The molecule has 1 heterocycles. The van der Waals surface area contributed by atoms with Gasteiger partial charge in [-0.25, -0.2) is 9.97 Å². The molecule has 0 atom stereocenters. The molecule has 0 radical (unpaired) electrons. The van der Waals surface area contributed by atoms with Crippen LogP contribution in [0.3, 0.4) is 0 Å². The summed E-state index contributed by atoms with van der Waals surface area (Å²) in [7, 11) is 0. The summed E-state index contributed by atoms with van der Waals surface area (Å²) >= 11 is 6.38. The Labute approximate surface area is 179 Å². The number of benzene rings is 2. The summed E-state index contributed by atoms with van der Waals surface area (Å²) in [4.78, 5) is 9.12. The lowest BCUT2D eigenvalue weighted by Crippen LogP contribution is -1.97. The molecule has 0 fully saturated rings. The van der Waals surface area contributed by atoms with Gasteiger partial charge >= 0.3 is 0 Å². The highest BCUT2D eigenvalue weighted by atomic mass is 35.5. The second-order valence-corrected chi connectivity index (χ2v) is 7.70. The largest absolute Gasteiger partial charge is 0.492 e. The topological polar surface area (TPSA) is 35.0 Å². The van der Waals surface area contributed by atoms with E-state index in [0.717, 1.165) is 47.5 Å². The summed E-state index contributed by atoms with van der Waals surface area (Å²) < 4.78 is 5.72. The van der Waals surface area contributed by atoms with Crippen LogP contribution in [0.15, 0.2) is 54.9 Å². The van der Waals surface area contributed by atoms with Crippen molar-refractivity contribution >= 4 is 11.6 Å². The Kier molecular flexibility index (Phi) is 8.06. The first-order valence-electron chi connectivity index (χ1n) is 10.5. The molecular formula is C25H29ClN2O. The SMILES string of the molecule is CCCCCc1ccc(-c2ncc(-c3ccc(OCCCC)c(Cl)c3)cn2)cc1. The van der Waals surface area contributed by atoms with Crippen molar-refractivity contribution < 1.29 is 4.74 Å². The van der Waals surface area contributed by atoms with E-state index in [2.05, 4.69) is 48.1 Å². The van der Waals surface area contributed by atoms with Gasteiger partial charge in [0.05, 0.1) is 11.6 Å². The van der Waals surface area contributed by atoms with Gasteiger partial charge in [0.25, 0.3) is 0 Å². The third-order valence-corrected chi connectivity index (χ3v) is 5.25. The number of aromatic nitrogens is 2. The number of hydrogen-bond acceptors (Lipinski definition) is 3. The Morgan fingerprint density at radius 1 is 0.793 bits per heavy atom. The highest BCUT2D eigenvalue weighted by Crippen LogP contribution is 2.30. The molecule has 3 nitrogen and oxygen atoms in total. The molecule has 0 unspecified atom stereocenters. The van der Waals surface area contributed by atoms with Crippen molar-refractivity contribution in [3.8, 4) is 28.3 Å². The van der Waals surface area contributed by atoms with Crippen molar-refractivity contribution in [2.24, 2.45) is 0 Å². The van der Waals surface area contributed by atoms with Gasteiger partial charge in [0.15, 0.2) is 5.82 Å². The fraction of sp³-hybridized carbons (Fsp3) is 0.360. The first kappa shape index (κ1) is 21.3. The van der Waals surface area contributed by atoms with E-state index in [0.29, 0.717) is 11.6 Å². The molecule has 0 spiro atoms. The van der Waals surface area contributed by atoms with Crippen molar-refractivity contribution in [3.63, 3.8) is 0 Å². The molecule has 152 valence electrons. The van der Waals surface area contributed by atoms with Crippen molar-refractivity contribution in [1.82, 2.24) is 9.97 Å². The van der Waals surface area contributed by atoms with Crippen molar-refractivity contribution in [2.75, 3.05) is 6.61 Å². The maximum absolute atomic E-state index is 6.38. The maximum atomic E-state index is 6.38. The fourth-order valence-corrected chi connectivity index (χ4v) is 3.38. The van der Waals surface area contributed by atoms with Crippen molar-refractivity contribution in [2.45, 2.75) is 52.4 Å². The Morgan fingerprint density at radius 2 is 1.48 bits per heavy atom. The molecular weight excluding hydrogens is 380 g/mol. The van der Waals surface area contributed by atoms with E-state index in [9.17, 15) is 0 Å². The maximum Gasteiger partial charge on any atom is 0.159 e. The molecule has 0 bridgehead atoms. The monoisotopic (exact) mass is 408 g/mol. The van der Waals surface area contributed by atoms with Gasteiger partial charge in [-0.2, -0.15) is 0 Å². The van der Waals surface area contributed by atoms with Crippen LogP contribution >= 0.6 is 11.6 Å². The van der Waals surface area contributed by atoms with E-state index in [4.69, 9.17) is 16.3 Å². The summed E-state index contributed by atoms with van der Waals surface area (Å²) in [6, 6.07) is 14.4. The van der Waals surface area contributed by atoms with Gasteiger partial charge in [0, 0.05) is 23.5 Å².